The number of hydrogen-bond acceptors (Lipinski definition) is 9. The summed E-state index contributed by atoms with van der Waals surface area (Å²) in [5, 5.41) is 31.3. The van der Waals surface area contributed by atoms with E-state index in [1.807, 2.05) is 48.6 Å². The van der Waals surface area contributed by atoms with E-state index in [9.17, 15) is 9.18 Å². The highest BCUT2D eigenvalue weighted by Crippen LogP contribution is 2.21. The standard InChI is InChI=1S/C26H29FN12O/c1-16-22(17(2)38(32-16)24-6-5-23-29-28-18(3)39(23)33-24)4-7-25(40)37-10-8-36(9-11-37)15-19-12-20(14-21(27)13-19)26-30-34-35-31-26/h5-6,12-14H,4,7-11,15H2,1-3H3,(H,30,31,34,35). The number of tetrazole rings is 1. The predicted octanol–water partition coefficient (Wildman–Crippen LogP) is 1.83. The summed E-state index contributed by atoms with van der Waals surface area (Å²) < 4.78 is 17.7. The maximum atomic E-state index is 14.2. The van der Waals surface area contributed by atoms with Crippen LogP contribution in [0.2, 0.25) is 0 Å². The molecule has 0 aliphatic carbocycles. The van der Waals surface area contributed by atoms with Gasteiger partial charge in [0.15, 0.2) is 17.3 Å². The minimum atomic E-state index is -0.342. The van der Waals surface area contributed by atoms with E-state index in [1.54, 1.807) is 4.52 Å². The molecule has 4 aromatic heterocycles. The SMILES string of the molecule is Cc1nn(-c2ccc3nnc(C)n3n2)c(C)c1CCC(=O)N1CCN(Cc2cc(F)cc(-c3nn[nH]n3)c2)CC1. The van der Waals surface area contributed by atoms with Crippen LogP contribution in [0.1, 0.15) is 34.8 Å². The molecule has 0 radical (unpaired) electrons. The van der Waals surface area contributed by atoms with E-state index in [4.69, 9.17) is 5.10 Å². The molecule has 1 aliphatic heterocycles. The summed E-state index contributed by atoms with van der Waals surface area (Å²) in [4.78, 5) is 17.2. The van der Waals surface area contributed by atoms with E-state index >= 15 is 0 Å². The molecule has 1 aliphatic rings. The first kappa shape index (κ1) is 25.7. The zero-order chi connectivity index (χ0) is 27.8. The Morgan fingerprint density at radius 2 is 1.82 bits per heavy atom. The second-order valence-corrected chi connectivity index (χ2v) is 10.0. The number of hydrogen-bond donors (Lipinski definition) is 1. The maximum Gasteiger partial charge on any atom is 0.222 e. The van der Waals surface area contributed by atoms with Crippen LogP contribution in [0.15, 0.2) is 30.3 Å². The van der Waals surface area contributed by atoms with Crippen LogP contribution in [-0.4, -0.2) is 92.1 Å². The number of nitrogens with one attached hydrogen (secondary N) is 1. The lowest BCUT2D eigenvalue weighted by Crippen LogP contribution is -2.48. The van der Waals surface area contributed by atoms with E-state index < -0.39 is 0 Å². The molecule has 0 spiro atoms. The molecule has 14 heteroatoms. The van der Waals surface area contributed by atoms with Crippen molar-refractivity contribution in [2.24, 2.45) is 0 Å². The highest BCUT2D eigenvalue weighted by atomic mass is 19.1. The third-order valence-corrected chi connectivity index (χ3v) is 7.34. The van der Waals surface area contributed by atoms with Crippen LogP contribution < -0.4 is 0 Å². The first-order valence-electron chi connectivity index (χ1n) is 13.1. The van der Waals surface area contributed by atoms with Gasteiger partial charge in [-0.1, -0.05) is 0 Å². The molecule has 206 valence electrons. The van der Waals surface area contributed by atoms with Crippen molar-refractivity contribution in [3.63, 3.8) is 0 Å². The van der Waals surface area contributed by atoms with Gasteiger partial charge in [-0.3, -0.25) is 9.69 Å². The van der Waals surface area contributed by atoms with Crippen molar-refractivity contribution in [3.8, 4) is 17.2 Å². The smallest absolute Gasteiger partial charge is 0.222 e. The Bertz CT molecular complexity index is 1670. The summed E-state index contributed by atoms with van der Waals surface area (Å²) in [5.74, 6) is 1.51. The number of halogens is 1. The van der Waals surface area contributed by atoms with Crippen molar-refractivity contribution in [3.05, 3.63) is 64.5 Å². The largest absolute Gasteiger partial charge is 0.340 e. The summed E-state index contributed by atoms with van der Waals surface area (Å²) in [5.41, 5.74) is 4.99. The molecule has 1 fully saturated rings. The van der Waals surface area contributed by atoms with Crippen LogP contribution in [0.4, 0.5) is 4.39 Å². The van der Waals surface area contributed by atoms with Crippen molar-refractivity contribution in [2.45, 2.75) is 40.2 Å². The lowest BCUT2D eigenvalue weighted by Gasteiger charge is -2.35. The monoisotopic (exact) mass is 544 g/mol. The number of aromatic nitrogens is 10. The van der Waals surface area contributed by atoms with Crippen LogP contribution >= 0.6 is 0 Å². The number of piperazine rings is 1. The van der Waals surface area contributed by atoms with Crippen molar-refractivity contribution in [1.82, 2.24) is 60.0 Å². The minimum absolute atomic E-state index is 0.121. The van der Waals surface area contributed by atoms with Crippen molar-refractivity contribution in [1.29, 1.82) is 0 Å². The number of H-pyrrole nitrogens is 1. The van der Waals surface area contributed by atoms with Crippen molar-refractivity contribution in [2.75, 3.05) is 26.2 Å². The topological polar surface area (TPSA) is 139 Å². The predicted molar refractivity (Wildman–Crippen MR) is 142 cm³/mol. The number of aryl methyl sites for hydroxylation is 2. The van der Waals surface area contributed by atoms with Crippen LogP contribution in [-0.2, 0) is 17.8 Å². The van der Waals surface area contributed by atoms with Gasteiger partial charge in [-0.05, 0) is 73.9 Å². The number of nitrogens with zero attached hydrogens (tertiary/aromatic N) is 11. The van der Waals surface area contributed by atoms with Gasteiger partial charge in [-0.25, -0.2) is 9.07 Å². The fourth-order valence-electron chi connectivity index (χ4n) is 5.22. The number of amides is 1. The third kappa shape index (κ3) is 5.04. The molecule has 13 nitrogen and oxygen atoms in total. The Labute approximate surface area is 229 Å². The van der Waals surface area contributed by atoms with Crippen molar-refractivity contribution >= 4 is 11.6 Å². The van der Waals surface area contributed by atoms with E-state index in [0.717, 1.165) is 22.5 Å². The summed E-state index contributed by atoms with van der Waals surface area (Å²) in [6.07, 6.45) is 1.01. The van der Waals surface area contributed by atoms with Gasteiger partial charge < -0.3 is 4.90 Å². The molecule has 0 saturated carbocycles. The molecular formula is C26H29FN12O. The number of fused-ring (bicyclic) bond motifs is 1. The van der Waals surface area contributed by atoms with Gasteiger partial charge in [0.1, 0.15) is 5.82 Å². The second kappa shape index (κ2) is 10.5. The lowest BCUT2D eigenvalue weighted by atomic mass is 10.1. The van der Waals surface area contributed by atoms with Crippen LogP contribution in [0.3, 0.4) is 0 Å². The van der Waals surface area contributed by atoms with Gasteiger partial charge in [0.25, 0.3) is 0 Å². The fourth-order valence-corrected chi connectivity index (χ4v) is 5.22. The van der Waals surface area contributed by atoms with Crippen LogP contribution in [0.25, 0.3) is 22.9 Å². The molecule has 5 heterocycles. The molecule has 0 unspecified atom stereocenters. The molecule has 0 bridgehead atoms. The molecule has 1 aromatic carbocycles. The quantitative estimate of drug-likeness (QED) is 0.325. The summed E-state index contributed by atoms with van der Waals surface area (Å²) in [6, 6.07) is 8.52. The first-order valence-corrected chi connectivity index (χ1v) is 13.1. The average Bonchev–Trinajstić information content (AvgIpc) is 3.68. The number of carbonyl (C=O) groups is 1. The van der Waals surface area contributed by atoms with E-state index in [1.165, 1.54) is 12.1 Å². The Morgan fingerprint density at radius 1 is 1.00 bits per heavy atom. The Morgan fingerprint density at radius 3 is 2.60 bits per heavy atom. The second-order valence-electron chi connectivity index (χ2n) is 10.0. The van der Waals surface area contributed by atoms with Crippen LogP contribution in [0.5, 0.6) is 0 Å². The van der Waals surface area contributed by atoms with E-state index in [2.05, 4.69) is 40.8 Å². The third-order valence-electron chi connectivity index (χ3n) is 7.34. The molecule has 40 heavy (non-hydrogen) atoms. The fraction of sp³-hybridized carbons (Fsp3) is 0.385. The number of aromatic amines is 1. The Balaban J connectivity index is 1.05. The zero-order valence-electron chi connectivity index (χ0n) is 22.5. The minimum Gasteiger partial charge on any atom is -0.340 e. The molecule has 0 atom stereocenters. The number of rotatable bonds is 7. The normalized spacial score (nSPS) is 14.3. The number of benzene rings is 1. The molecule has 1 saturated heterocycles. The summed E-state index contributed by atoms with van der Waals surface area (Å²) in [6.45, 7) is 9.08. The molecular weight excluding hydrogens is 515 g/mol. The van der Waals surface area contributed by atoms with E-state index in [0.29, 0.717) is 74.2 Å². The van der Waals surface area contributed by atoms with E-state index in [-0.39, 0.29) is 11.7 Å². The summed E-state index contributed by atoms with van der Waals surface area (Å²) >= 11 is 0. The van der Waals surface area contributed by atoms with Gasteiger partial charge in [-0.15, -0.1) is 25.5 Å². The molecule has 6 rings (SSSR count). The van der Waals surface area contributed by atoms with Gasteiger partial charge >= 0.3 is 0 Å². The molecule has 5 aromatic rings. The van der Waals surface area contributed by atoms with Gasteiger partial charge in [-0.2, -0.15) is 14.8 Å². The van der Waals surface area contributed by atoms with Gasteiger partial charge in [0.05, 0.1) is 5.69 Å². The maximum absolute atomic E-state index is 14.2. The van der Waals surface area contributed by atoms with Crippen molar-refractivity contribution < 1.29 is 9.18 Å². The first-order chi connectivity index (χ1) is 19.4. The van der Waals surface area contributed by atoms with Gasteiger partial charge in [0.2, 0.25) is 11.7 Å². The highest BCUT2D eigenvalue weighted by Gasteiger charge is 2.23. The number of carbonyl (C=O) groups excluding carboxylic acids is 1. The zero-order valence-corrected chi connectivity index (χ0v) is 22.5. The average molecular weight is 545 g/mol. The summed E-state index contributed by atoms with van der Waals surface area (Å²) in [7, 11) is 0. The van der Waals surface area contributed by atoms with Crippen LogP contribution in [0, 0.1) is 26.6 Å². The lowest BCUT2D eigenvalue weighted by molar-refractivity contribution is -0.133. The molecule has 1 N–H and O–H groups in total. The van der Waals surface area contributed by atoms with Gasteiger partial charge in [0, 0.05) is 50.4 Å². The highest BCUT2D eigenvalue weighted by molar-refractivity contribution is 5.76. The Kier molecular flexibility index (Phi) is 6.76. The molecule has 1 amide bonds. The Hall–Kier alpha value is -4.59.